The van der Waals surface area contributed by atoms with Crippen molar-refractivity contribution in [1.29, 1.82) is 5.26 Å². The van der Waals surface area contributed by atoms with Crippen molar-refractivity contribution in [2.45, 2.75) is 25.9 Å². The summed E-state index contributed by atoms with van der Waals surface area (Å²) in [6.45, 7) is 2.32. The van der Waals surface area contributed by atoms with Crippen LogP contribution >= 0.6 is 0 Å². The fraction of sp³-hybridized carbons (Fsp3) is 0.364. The van der Waals surface area contributed by atoms with Crippen LogP contribution in [0.3, 0.4) is 0 Å². The summed E-state index contributed by atoms with van der Waals surface area (Å²) in [7, 11) is 0. The van der Waals surface area contributed by atoms with E-state index in [4.69, 9.17) is 5.26 Å². The lowest BCUT2D eigenvalue weighted by atomic mass is 10.2. The second kappa shape index (κ2) is 5.36. The van der Waals surface area contributed by atoms with Gasteiger partial charge < -0.3 is 0 Å². The number of rotatable bonds is 4. The van der Waals surface area contributed by atoms with Crippen molar-refractivity contribution >= 4 is 0 Å². The zero-order chi connectivity index (χ0) is 10.4. The first-order valence-corrected chi connectivity index (χ1v) is 4.64. The number of nitriles is 1. The van der Waals surface area contributed by atoms with E-state index in [9.17, 15) is 4.39 Å². The van der Waals surface area contributed by atoms with E-state index in [1.165, 1.54) is 6.07 Å². The Morgan fingerprint density at radius 3 is 2.79 bits per heavy atom. The zero-order valence-electron chi connectivity index (χ0n) is 8.13. The van der Waals surface area contributed by atoms with Crippen molar-refractivity contribution in [2.24, 2.45) is 0 Å². The lowest BCUT2D eigenvalue weighted by Crippen LogP contribution is -2.26. The van der Waals surface area contributed by atoms with Gasteiger partial charge >= 0.3 is 0 Å². The van der Waals surface area contributed by atoms with Gasteiger partial charge in [-0.05, 0) is 12.5 Å². The van der Waals surface area contributed by atoms with Gasteiger partial charge in [0.1, 0.15) is 5.82 Å². The molecule has 0 spiro atoms. The van der Waals surface area contributed by atoms with Gasteiger partial charge in [-0.1, -0.05) is 25.1 Å². The van der Waals surface area contributed by atoms with E-state index in [-0.39, 0.29) is 11.9 Å². The molecule has 0 aliphatic heterocycles. The standard InChI is InChI=1S/C11H13FN2/c1-2-10(7-13)14-8-9-5-3-4-6-11(9)12/h3-6,10,14H,2,8H2,1H3. The van der Waals surface area contributed by atoms with Gasteiger partial charge in [-0.15, -0.1) is 0 Å². The lowest BCUT2D eigenvalue weighted by Gasteiger charge is -2.09. The molecule has 1 unspecified atom stereocenters. The molecular formula is C11H13FN2. The van der Waals surface area contributed by atoms with Gasteiger partial charge in [-0.2, -0.15) is 5.26 Å². The minimum Gasteiger partial charge on any atom is -0.298 e. The molecule has 1 atom stereocenters. The van der Waals surface area contributed by atoms with Crippen molar-refractivity contribution in [1.82, 2.24) is 5.32 Å². The Morgan fingerprint density at radius 2 is 2.21 bits per heavy atom. The van der Waals surface area contributed by atoms with Crippen LogP contribution in [-0.2, 0) is 6.54 Å². The van der Waals surface area contributed by atoms with Gasteiger partial charge in [-0.25, -0.2) is 4.39 Å². The summed E-state index contributed by atoms with van der Waals surface area (Å²) in [5.74, 6) is -0.229. The van der Waals surface area contributed by atoms with E-state index in [1.807, 2.05) is 6.92 Å². The summed E-state index contributed by atoms with van der Waals surface area (Å²) in [4.78, 5) is 0. The fourth-order valence-electron chi connectivity index (χ4n) is 1.16. The number of hydrogen-bond donors (Lipinski definition) is 1. The highest BCUT2D eigenvalue weighted by Gasteiger charge is 2.05. The van der Waals surface area contributed by atoms with E-state index in [1.54, 1.807) is 18.2 Å². The average molecular weight is 192 g/mol. The summed E-state index contributed by atoms with van der Waals surface area (Å²) in [6.07, 6.45) is 0.727. The van der Waals surface area contributed by atoms with Crippen LogP contribution < -0.4 is 5.32 Å². The van der Waals surface area contributed by atoms with Crippen LogP contribution in [0.25, 0.3) is 0 Å². The maximum atomic E-state index is 13.1. The normalized spacial score (nSPS) is 12.1. The topological polar surface area (TPSA) is 35.8 Å². The third-order valence-corrected chi connectivity index (χ3v) is 2.06. The first-order chi connectivity index (χ1) is 6.77. The number of halogens is 1. The highest BCUT2D eigenvalue weighted by atomic mass is 19.1. The Labute approximate surface area is 83.4 Å². The summed E-state index contributed by atoms with van der Waals surface area (Å²) < 4.78 is 13.1. The van der Waals surface area contributed by atoms with Gasteiger partial charge in [-0.3, -0.25) is 5.32 Å². The monoisotopic (exact) mass is 192 g/mol. The quantitative estimate of drug-likeness (QED) is 0.794. The lowest BCUT2D eigenvalue weighted by molar-refractivity contribution is 0.553. The SMILES string of the molecule is CCC(C#N)NCc1ccccc1F. The molecule has 0 saturated carbocycles. The predicted octanol–water partition coefficient (Wildman–Crippen LogP) is 2.22. The molecule has 1 N–H and O–H groups in total. The van der Waals surface area contributed by atoms with Crippen molar-refractivity contribution < 1.29 is 4.39 Å². The van der Waals surface area contributed by atoms with Gasteiger partial charge in [0, 0.05) is 12.1 Å². The predicted molar refractivity (Wildman–Crippen MR) is 52.9 cm³/mol. The van der Waals surface area contributed by atoms with Crippen LogP contribution in [0.5, 0.6) is 0 Å². The molecule has 0 heterocycles. The molecule has 1 aromatic rings. The van der Waals surface area contributed by atoms with Crippen LogP contribution in [0.1, 0.15) is 18.9 Å². The Bertz CT molecular complexity index is 330. The minimum atomic E-state index is -0.229. The summed E-state index contributed by atoms with van der Waals surface area (Å²) in [5.41, 5.74) is 0.598. The summed E-state index contributed by atoms with van der Waals surface area (Å²) in [5, 5.41) is 11.6. The van der Waals surface area contributed by atoms with Gasteiger partial charge in [0.25, 0.3) is 0 Å². The van der Waals surface area contributed by atoms with E-state index in [0.29, 0.717) is 12.1 Å². The maximum absolute atomic E-state index is 13.1. The van der Waals surface area contributed by atoms with Gasteiger partial charge in [0.05, 0.1) is 12.1 Å². The molecule has 0 amide bonds. The van der Waals surface area contributed by atoms with E-state index in [0.717, 1.165) is 6.42 Å². The molecule has 0 fully saturated rings. The second-order valence-electron chi connectivity index (χ2n) is 3.06. The third kappa shape index (κ3) is 2.82. The number of hydrogen-bond acceptors (Lipinski definition) is 2. The van der Waals surface area contributed by atoms with Crippen molar-refractivity contribution in [3.05, 3.63) is 35.6 Å². The number of nitrogens with zero attached hydrogens (tertiary/aromatic N) is 1. The largest absolute Gasteiger partial charge is 0.298 e. The molecule has 0 radical (unpaired) electrons. The minimum absolute atomic E-state index is 0.199. The first-order valence-electron chi connectivity index (χ1n) is 4.64. The molecule has 0 aliphatic carbocycles. The van der Waals surface area contributed by atoms with Crippen molar-refractivity contribution in [3.63, 3.8) is 0 Å². The highest BCUT2D eigenvalue weighted by molar-refractivity contribution is 5.17. The number of nitrogens with one attached hydrogen (secondary N) is 1. The molecule has 2 nitrogen and oxygen atoms in total. The van der Waals surface area contributed by atoms with E-state index < -0.39 is 0 Å². The molecule has 0 saturated heterocycles. The Balaban J connectivity index is 2.54. The molecule has 0 bridgehead atoms. The molecule has 1 rings (SSSR count). The van der Waals surface area contributed by atoms with Crippen LogP contribution in [0.4, 0.5) is 4.39 Å². The number of benzene rings is 1. The van der Waals surface area contributed by atoms with Crippen LogP contribution in [0.15, 0.2) is 24.3 Å². The Kier molecular flexibility index (Phi) is 4.09. The molecule has 1 aromatic carbocycles. The highest BCUT2D eigenvalue weighted by Crippen LogP contribution is 2.06. The second-order valence-corrected chi connectivity index (χ2v) is 3.06. The fourth-order valence-corrected chi connectivity index (χ4v) is 1.16. The van der Waals surface area contributed by atoms with Crippen LogP contribution in [0, 0.1) is 17.1 Å². The van der Waals surface area contributed by atoms with Crippen LogP contribution in [0.2, 0.25) is 0 Å². The third-order valence-electron chi connectivity index (χ3n) is 2.06. The molecule has 14 heavy (non-hydrogen) atoms. The maximum Gasteiger partial charge on any atom is 0.127 e. The average Bonchev–Trinajstić information content (AvgIpc) is 2.22. The first kappa shape index (κ1) is 10.7. The van der Waals surface area contributed by atoms with Gasteiger partial charge in [0.2, 0.25) is 0 Å². The van der Waals surface area contributed by atoms with Crippen molar-refractivity contribution in [3.8, 4) is 6.07 Å². The zero-order valence-corrected chi connectivity index (χ0v) is 8.13. The Hall–Kier alpha value is -1.40. The summed E-state index contributed by atoms with van der Waals surface area (Å²) in [6, 6.07) is 8.48. The summed E-state index contributed by atoms with van der Waals surface area (Å²) >= 11 is 0. The van der Waals surface area contributed by atoms with E-state index in [2.05, 4.69) is 11.4 Å². The van der Waals surface area contributed by atoms with E-state index >= 15 is 0 Å². The molecule has 0 aromatic heterocycles. The molecule has 74 valence electrons. The Morgan fingerprint density at radius 1 is 1.50 bits per heavy atom. The van der Waals surface area contributed by atoms with Crippen molar-refractivity contribution in [2.75, 3.05) is 0 Å². The van der Waals surface area contributed by atoms with Gasteiger partial charge in [0.15, 0.2) is 0 Å². The van der Waals surface area contributed by atoms with Crippen LogP contribution in [-0.4, -0.2) is 6.04 Å². The molecule has 3 heteroatoms. The molecule has 0 aliphatic rings. The molecular weight excluding hydrogens is 179 g/mol. The smallest absolute Gasteiger partial charge is 0.127 e.